The third-order valence-electron chi connectivity index (χ3n) is 3.18. The second kappa shape index (κ2) is 3.59. The number of nitrogens with two attached hydrogens (primary N) is 1. The van der Waals surface area contributed by atoms with Gasteiger partial charge >= 0.3 is 0 Å². The Kier molecular flexibility index (Phi) is 2.21. The number of aryl methyl sites for hydroxylation is 1. The molecule has 1 aliphatic rings. The summed E-state index contributed by atoms with van der Waals surface area (Å²) in [5, 5.41) is 0. The Balaban J connectivity index is 1.91. The minimum atomic E-state index is 0.0296. The molecule has 2 aromatic rings. The quantitative estimate of drug-likeness (QED) is 0.858. The maximum Gasteiger partial charge on any atom is 0.152 e. The highest BCUT2D eigenvalue weighted by atomic mass is 16.3. The predicted molar refractivity (Wildman–Crippen MR) is 63.0 cm³/mol. The van der Waals surface area contributed by atoms with Crippen LogP contribution in [0.25, 0.3) is 11.1 Å². The number of pyridine rings is 1. The monoisotopic (exact) mass is 216 g/mol. The minimum absolute atomic E-state index is 0.0296. The Morgan fingerprint density at radius 2 is 2.31 bits per heavy atom. The van der Waals surface area contributed by atoms with E-state index < -0.39 is 0 Å². The van der Waals surface area contributed by atoms with Crippen molar-refractivity contribution < 1.29 is 4.42 Å². The molecule has 1 atom stereocenters. The fourth-order valence-electron chi connectivity index (χ4n) is 2.06. The second-order valence-corrected chi connectivity index (χ2v) is 4.77. The molecule has 2 N–H and O–H groups in total. The number of hydrogen-bond acceptors (Lipinski definition) is 3. The van der Waals surface area contributed by atoms with Gasteiger partial charge in [-0.3, -0.25) is 0 Å². The molecule has 3 rings (SSSR count). The fraction of sp³-hybridized carbons (Fsp3) is 0.462. The van der Waals surface area contributed by atoms with Crippen LogP contribution in [0.2, 0.25) is 0 Å². The summed E-state index contributed by atoms with van der Waals surface area (Å²) >= 11 is 0. The van der Waals surface area contributed by atoms with Crippen LogP contribution in [0.3, 0.4) is 0 Å². The van der Waals surface area contributed by atoms with Crippen LogP contribution in [-0.2, 0) is 0 Å². The highest BCUT2D eigenvalue weighted by Crippen LogP contribution is 2.37. The van der Waals surface area contributed by atoms with Gasteiger partial charge in [0.25, 0.3) is 0 Å². The van der Waals surface area contributed by atoms with Crippen LogP contribution in [0.1, 0.15) is 36.8 Å². The number of rotatable bonds is 3. The molecule has 84 valence electrons. The van der Waals surface area contributed by atoms with E-state index in [0.717, 1.165) is 34.9 Å². The van der Waals surface area contributed by atoms with E-state index >= 15 is 0 Å². The zero-order valence-corrected chi connectivity index (χ0v) is 9.44. The third kappa shape index (κ3) is 1.83. The maximum absolute atomic E-state index is 6.12. The Labute approximate surface area is 94.7 Å². The Morgan fingerprint density at radius 1 is 1.50 bits per heavy atom. The first-order chi connectivity index (χ1) is 7.72. The van der Waals surface area contributed by atoms with Gasteiger partial charge < -0.3 is 10.2 Å². The molecule has 0 amide bonds. The smallest absolute Gasteiger partial charge is 0.152 e. The third-order valence-corrected chi connectivity index (χ3v) is 3.18. The molecule has 3 nitrogen and oxygen atoms in total. The van der Waals surface area contributed by atoms with Gasteiger partial charge in [0.05, 0.1) is 6.04 Å². The minimum Gasteiger partial charge on any atom is -0.458 e. The predicted octanol–water partition coefficient (Wildman–Crippen LogP) is 2.94. The van der Waals surface area contributed by atoms with Gasteiger partial charge in [0.15, 0.2) is 5.58 Å². The Bertz CT molecular complexity index is 514. The molecule has 1 aliphatic carbocycles. The highest BCUT2D eigenvalue weighted by Gasteiger charge is 2.26. The number of aromatic nitrogens is 1. The van der Waals surface area contributed by atoms with Gasteiger partial charge in [-0.2, -0.15) is 0 Å². The van der Waals surface area contributed by atoms with E-state index in [1.807, 2.05) is 25.1 Å². The molecule has 0 unspecified atom stereocenters. The van der Waals surface area contributed by atoms with Crippen molar-refractivity contribution in [2.75, 3.05) is 0 Å². The molecule has 3 heteroatoms. The molecule has 2 heterocycles. The van der Waals surface area contributed by atoms with Crippen molar-refractivity contribution >= 4 is 11.1 Å². The van der Waals surface area contributed by atoms with Crippen molar-refractivity contribution in [2.45, 2.75) is 32.2 Å². The Hall–Kier alpha value is -1.35. The lowest BCUT2D eigenvalue weighted by Crippen LogP contribution is -2.09. The first-order valence-corrected chi connectivity index (χ1v) is 5.85. The van der Waals surface area contributed by atoms with E-state index in [-0.39, 0.29) is 6.04 Å². The lowest BCUT2D eigenvalue weighted by Gasteiger charge is -2.05. The van der Waals surface area contributed by atoms with Gasteiger partial charge in [-0.05, 0) is 31.4 Å². The van der Waals surface area contributed by atoms with Crippen LogP contribution in [0.4, 0.5) is 0 Å². The average molecular weight is 216 g/mol. The summed E-state index contributed by atoms with van der Waals surface area (Å²) in [6.45, 7) is 1.98. The second-order valence-electron chi connectivity index (χ2n) is 4.77. The van der Waals surface area contributed by atoms with Crippen LogP contribution < -0.4 is 5.73 Å². The van der Waals surface area contributed by atoms with Gasteiger partial charge in [0.1, 0.15) is 11.3 Å². The van der Waals surface area contributed by atoms with Crippen LogP contribution in [-0.4, -0.2) is 4.98 Å². The summed E-state index contributed by atoms with van der Waals surface area (Å²) in [6.07, 6.45) is 3.69. The summed E-state index contributed by atoms with van der Waals surface area (Å²) in [6, 6.07) is 5.93. The van der Waals surface area contributed by atoms with Crippen molar-refractivity contribution in [3.8, 4) is 0 Å². The molecule has 2 aromatic heterocycles. The first-order valence-electron chi connectivity index (χ1n) is 5.85. The molecule has 0 aliphatic heterocycles. The molecule has 1 saturated carbocycles. The van der Waals surface area contributed by atoms with Crippen LogP contribution in [0.5, 0.6) is 0 Å². The lowest BCUT2D eigenvalue weighted by molar-refractivity contribution is 0.463. The van der Waals surface area contributed by atoms with Crippen LogP contribution in [0.15, 0.2) is 22.6 Å². The standard InChI is InChI=1S/C13H16N2O/c1-8-2-5-12-11(15-8)7-13(16-12)10(14)6-9-3-4-9/h2,5,7,9-10H,3-4,6,14H2,1H3/t10-/m1/s1. The molecule has 0 spiro atoms. The number of fused-ring (bicyclic) bond motifs is 1. The van der Waals surface area contributed by atoms with E-state index in [1.54, 1.807) is 0 Å². The van der Waals surface area contributed by atoms with Gasteiger partial charge in [-0.15, -0.1) is 0 Å². The van der Waals surface area contributed by atoms with Gasteiger partial charge in [0, 0.05) is 11.8 Å². The maximum atomic E-state index is 6.12. The van der Waals surface area contributed by atoms with E-state index in [1.165, 1.54) is 12.8 Å². The number of nitrogens with zero attached hydrogens (tertiary/aromatic N) is 1. The van der Waals surface area contributed by atoms with Crippen molar-refractivity contribution in [1.29, 1.82) is 0 Å². The van der Waals surface area contributed by atoms with Crippen molar-refractivity contribution in [3.05, 3.63) is 29.7 Å². The van der Waals surface area contributed by atoms with Crippen molar-refractivity contribution in [3.63, 3.8) is 0 Å². The first kappa shape index (κ1) is 9.85. The topological polar surface area (TPSA) is 52.0 Å². The molecule has 0 radical (unpaired) electrons. The van der Waals surface area contributed by atoms with E-state index in [0.29, 0.717) is 0 Å². The highest BCUT2D eigenvalue weighted by molar-refractivity contribution is 5.73. The van der Waals surface area contributed by atoms with Crippen molar-refractivity contribution in [1.82, 2.24) is 4.98 Å². The molecular formula is C13H16N2O. The molecular weight excluding hydrogens is 200 g/mol. The summed E-state index contributed by atoms with van der Waals surface area (Å²) in [5.41, 5.74) is 8.88. The molecule has 1 fully saturated rings. The van der Waals surface area contributed by atoms with E-state index in [2.05, 4.69) is 4.98 Å². The normalized spacial score (nSPS) is 17.9. The van der Waals surface area contributed by atoms with Crippen molar-refractivity contribution in [2.24, 2.45) is 11.7 Å². The molecule has 0 aromatic carbocycles. The largest absolute Gasteiger partial charge is 0.458 e. The summed E-state index contributed by atoms with van der Waals surface area (Å²) in [4.78, 5) is 4.42. The number of hydrogen-bond donors (Lipinski definition) is 1. The molecule has 0 saturated heterocycles. The molecule has 0 bridgehead atoms. The van der Waals surface area contributed by atoms with Crippen LogP contribution in [0, 0.1) is 12.8 Å². The molecule has 16 heavy (non-hydrogen) atoms. The number of furan rings is 1. The van der Waals surface area contributed by atoms with E-state index in [4.69, 9.17) is 10.2 Å². The van der Waals surface area contributed by atoms with Crippen LogP contribution >= 0.6 is 0 Å². The summed E-state index contributed by atoms with van der Waals surface area (Å²) < 4.78 is 5.73. The zero-order chi connectivity index (χ0) is 11.1. The lowest BCUT2D eigenvalue weighted by atomic mass is 10.1. The summed E-state index contributed by atoms with van der Waals surface area (Å²) in [7, 11) is 0. The fourth-order valence-corrected chi connectivity index (χ4v) is 2.06. The average Bonchev–Trinajstić information content (AvgIpc) is 2.95. The SMILES string of the molecule is Cc1ccc2oc([C@H](N)CC3CC3)cc2n1. The van der Waals surface area contributed by atoms with Gasteiger partial charge in [0.2, 0.25) is 0 Å². The Morgan fingerprint density at radius 3 is 3.06 bits per heavy atom. The van der Waals surface area contributed by atoms with Gasteiger partial charge in [-0.25, -0.2) is 4.98 Å². The van der Waals surface area contributed by atoms with E-state index in [9.17, 15) is 0 Å². The summed E-state index contributed by atoms with van der Waals surface area (Å²) in [5.74, 6) is 1.69. The van der Waals surface area contributed by atoms with Gasteiger partial charge in [-0.1, -0.05) is 12.8 Å². The zero-order valence-electron chi connectivity index (χ0n) is 9.44.